The first-order chi connectivity index (χ1) is 23.8. The van der Waals surface area contributed by atoms with Crippen molar-refractivity contribution in [3.05, 3.63) is 194 Å². The Bertz CT molecular complexity index is 2460. The Kier molecular flexibility index (Phi) is 6.91. The van der Waals surface area contributed by atoms with Crippen LogP contribution in [0, 0.1) is 0 Å². The first-order valence-corrected chi connectivity index (χ1v) is 16.6. The van der Waals surface area contributed by atoms with Gasteiger partial charge in [0.05, 0.1) is 0 Å². The summed E-state index contributed by atoms with van der Waals surface area (Å²) in [6, 6.07) is 70.8. The largest absolute Gasteiger partial charge is 0.0622 e. The van der Waals surface area contributed by atoms with Gasteiger partial charge in [-0.05, 0) is 118 Å². The summed E-state index contributed by atoms with van der Waals surface area (Å²) in [7, 11) is 0. The predicted octanol–water partition coefficient (Wildman–Crippen LogP) is 13.5. The maximum absolute atomic E-state index is 2.37. The average molecular weight is 609 g/mol. The molecular weight excluding hydrogens is 577 g/mol. The number of fused-ring (bicyclic) bond motifs is 3. The van der Waals surface area contributed by atoms with Gasteiger partial charge in [0.1, 0.15) is 0 Å². The van der Waals surface area contributed by atoms with Gasteiger partial charge in [0.25, 0.3) is 0 Å². The van der Waals surface area contributed by atoms with Gasteiger partial charge in [0.2, 0.25) is 0 Å². The minimum absolute atomic E-state index is 1.22. The molecule has 0 saturated heterocycles. The Balaban J connectivity index is 1.31. The van der Waals surface area contributed by atoms with Gasteiger partial charge in [-0.2, -0.15) is 0 Å². The van der Waals surface area contributed by atoms with E-state index in [9.17, 15) is 0 Å². The Morgan fingerprint density at radius 1 is 0.188 bits per heavy atom. The van der Waals surface area contributed by atoms with Crippen molar-refractivity contribution in [1.82, 2.24) is 0 Å². The molecule has 0 spiro atoms. The topological polar surface area (TPSA) is 0 Å². The van der Waals surface area contributed by atoms with Gasteiger partial charge in [-0.25, -0.2) is 0 Å². The van der Waals surface area contributed by atoms with E-state index in [1.807, 2.05) is 0 Å². The molecule has 0 amide bonds. The van der Waals surface area contributed by atoms with Crippen LogP contribution in [0.3, 0.4) is 0 Å². The summed E-state index contributed by atoms with van der Waals surface area (Å²) in [5, 5.41) is 7.53. The van der Waals surface area contributed by atoms with Gasteiger partial charge in [-0.3, -0.25) is 0 Å². The number of hydrogen-bond acceptors (Lipinski definition) is 0. The quantitative estimate of drug-likeness (QED) is 0.171. The highest BCUT2D eigenvalue weighted by atomic mass is 14.2. The third kappa shape index (κ3) is 4.96. The lowest BCUT2D eigenvalue weighted by molar-refractivity contribution is 1.58. The summed E-state index contributed by atoms with van der Waals surface area (Å²) in [5.41, 5.74) is 12.3. The van der Waals surface area contributed by atoms with Crippen LogP contribution in [0.1, 0.15) is 0 Å². The van der Waals surface area contributed by atoms with E-state index in [-0.39, 0.29) is 0 Å². The van der Waals surface area contributed by atoms with Crippen molar-refractivity contribution in [3.63, 3.8) is 0 Å². The second-order valence-electron chi connectivity index (χ2n) is 12.5. The Morgan fingerprint density at radius 3 is 1.02 bits per heavy atom. The van der Waals surface area contributed by atoms with E-state index in [1.165, 1.54) is 88.0 Å². The highest BCUT2D eigenvalue weighted by Gasteiger charge is 2.18. The number of benzene rings is 9. The van der Waals surface area contributed by atoms with Gasteiger partial charge in [-0.1, -0.05) is 164 Å². The number of hydrogen-bond donors (Lipinski definition) is 0. The molecule has 0 saturated carbocycles. The second kappa shape index (κ2) is 11.8. The molecule has 0 heterocycles. The standard InChI is InChI=1S/C48H32/c1-4-14-33(15-5-1)37-26-24-36-25-27-38(29-39(36)28-37)47-43-20-10-12-22-45(43)48(46-23-13-11-21-44(46)47)42-31-40(34-16-6-2-7-17-34)30-41(32-42)35-18-8-3-9-19-35/h1-32H. The van der Waals surface area contributed by atoms with Crippen LogP contribution < -0.4 is 0 Å². The summed E-state index contributed by atoms with van der Waals surface area (Å²) >= 11 is 0. The van der Waals surface area contributed by atoms with Crippen LogP contribution in [0.15, 0.2) is 194 Å². The molecule has 0 atom stereocenters. The molecule has 48 heavy (non-hydrogen) atoms. The summed E-state index contributed by atoms with van der Waals surface area (Å²) in [6.45, 7) is 0. The van der Waals surface area contributed by atoms with Crippen LogP contribution in [0.2, 0.25) is 0 Å². The number of rotatable bonds is 5. The molecule has 0 aromatic heterocycles. The lowest BCUT2D eigenvalue weighted by Crippen LogP contribution is -1.92. The second-order valence-corrected chi connectivity index (χ2v) is 12.5. The molecule has 0 unspecified atom stereocenters. The van der Waals surface area contributed by atoms with Gasteiger partial charge in [-0.15, -0.1) is 0 Å². The van der Waals surface area contributed by atoms with E-state index in [0.29, 0.717) is 0 Å². The fourth-order valence-electron chi connectivity index (χ4n) is 7.33. The van der Waals surface area contributed by atoms with Crippen LogP contribution in [0.5, 0.6) is 0 Å². The highest BCUT2D eigenvalue weighted by Crippen LogP contribution is 2.45. The maximum Gasteiger partial charge on any atom is -0.00259 e. The molecule has 224 valence electrons. The summed E-state index contributed by atoms with van der Waals surface area (Å²) in [4.78, 5) is 0. The SMILES string of the molecule is c1ccc(-c2cc(-c3ccccc3)cc(-c3c4ccccc4c(-c4ccc5ccc(-c6ccccc6)cc5c4)c4ccccc34)c2)cc1. The molecule has 9 aromatic carbocycles. The molecule has 9 rings (SSSR count). The van der Waals surface area contributed by atoms with Gasteiger partial charge in [0.15, 0.2) is 0 Å². The third-order valence-corrected chi connectivity index (χ3v) is 9.60. The van der Waals surface area contributed by atoms with Crippen LogP contribution >= 0.6 is 0 Å². The Morgan fingerprint density at radius 2 is 0.542 bits per heavy atom. The predicted molar refractivity (Wildman–Crippen MR) is 206 cm³/mol. The highest BCUT2D eigenvalue weighted by molar-refractivity contribution is 6.22. The van der Waals surface area contributed by atoms with Crippen molar-refractivity contribution in [3.8, 4) is 55.6 Å². The first kappa shape index (κ1) is 28.0. The average Bonchev–Trinajstić information content (AvgIpc) is 3.17. The molecule has 0 bridgehead atoms. The zero-order chi connectivity index (χ0) is 31.9. The van der Waals surface area contributed by atoms with Crippen molar-refractivity contribution in [2.45, 2.75) is 0 Å². The van der Waals surface area contributed by atoms with Crippen molar-refractivity contribution in [2.75, 3.05) is 0 Å². The summed E-state index contributed by atoms with van der Waals surface area (Å²) < 4.78 is 0. The zero-order valence-electron chi connectivity index (χ0n) is 26.5. The molecule has 0 N–H and O–H groups in total. The van der Waals surface area contributed by atoms with Gasteiger partial charge < -0.3 is 0 Å². The molecule has 0 fully saturated rings. The van der Waals surface area contributed by atoms with Crippen LogP contribution in [-0.2, 0) is 0 Å². The molecule has 0 radical (unpaired) electrons. The molecule has 0 aliphatic heterocycles. The van der Waals surface area contributed by atoms with E-state index in [2.05, 4.69) is 194 Å². The van der Waals surface area contributed by atoms with E-state index in [0.717, 1.165) is 0 Å². The van der Waals surface area contributed by atoms with Gasteiger partial charge >= 0.3 is 0 Å². The van der Waals surface area contributed by atoms with Gasteiger partial charge in [0, 0.05) is 0 Å². The Labute approximate surface area is 281 Å². The minimum atomic E-state index is 1.22. The molecule has 0 heteroatoms. The first-order valence-electron chi connectivity index (χ1n) is 16.6. The minimum Gasteiger partial charge on any atom is -0.0622 e. The summed E-state index contributed by atoms with van der Waals surface area (Å²) in [6.07, 6.45) is 0. The normalized spacial score (nSPS) is 11.3. The molecular formula is C48H32. The van der Waals surface area contributed by atoms with Crippen LogP contribution in [0.4, 0.5) is 0 Å². The molecule has 0 nitrogen and oxygen atoms in total. The molecule has 9 aromatic rings. The maximum atomic E-state index is 2.37. The Hall–Kier alpha value is -6.24. The lowest BCUT2D eigenvalue weighted by atomic mass is 9.84. The van der Waals surface area contributed by atoms with Crippen molar-refractivity contribution in [2.24, 2.45) is 0 Å². The fourth-order valence-corrected chi connectivity index (χ4v) is 7.33. The van der Waals surface area contributed by atoms with Crippen LogP contribution in [0.25, 0.3) is 88.0 Å². The zero-order valence-corrected chi connectivity index (χ0v) is 26.5. The molecule has 0 aliphatic rings. The lowest BCUT2D eigenvalue weighted by Gasteiger charge is -2.19. The third-order valence-electron chi connectivity index (χ3n) is 9.60. The van der Waals surface area contributed by atoms with Crippen LogP contribution in [-0.4, -0.2) is 0 Å². The van der Waals surface area contributed by atoms with Crippen molar-refractivity contribution < 1.29 is 0 Å². The fraction of sp³-hybridized carbons (Fsp3) is 0. The summed E-state index contributed by atoms with van der Waals surface area (Å²) in [5.74, 6) is 0. The van der Waals surface area contributed by atoms with Crippen molar-refractivity contribution >= 4 is 32.3 Å². The van der Waals surface area contributed by atoms with E-state index in [1.54, 1.807) is 0 Å². The molecule has 0 aliphatic carbocycles. The van der Waals surface area contributed by atoms with E-state index in [4.69, 9.17) is 0 Å². The smallest absolute Gasteiger partial charge is 0.00259 e. The monoisotopic (exact) mass is 608 g/mol. The van der Waals surface area contributed by atoms with E-state index >= 15 is 0 Å². The van der Waals surface area contributed by atoms with E-state index < -0.39 is 0 Å². The van der Waals surface area contributed by atoms with Crippen molar-refractivity contribution in [1.29, 1.82) is 0 Å².